The van der Waals surface area contributed by atoms with Crippen molar-refractivity contribution in [3.63, 3.8) is 0 Å². The van der Waals surface area contributed by atoms with Gasteiger partial charge in [0.2, 0.25) is 5.91 Å². The molecular formula is C27H22ClN3O7S. The zero-order valence-electron chi connectivity index (χ0n) is 20.8. The number of amides is 3. The molecular weight excluding hydrogens is 546 g/mol. The molecule has 0 radical (unpaired) electrons. The van der Waals surface area contributed by atoms with Gasteiger partial charge < -0.3 is 14.8 Å². The van der Waals surface area contributed by atoms with Crippen LogP contribution < -0.4 is 14.8 Å². The Morgan fingerprint density at radius 1 is 1.13 bits per heavy atom. The highest BCUT2D eigenvalue weighted by Gasteiger charge is 2.37. The number of nitro benzene ring substituents is 1. The van der Waals surface area contributed by atoms with Crippen LogP contribution in [0.4, 0.5) is 16.2 Å². The molecule has 3 aromatic rings. The Kier molecular flexibility index (Phi) is 8.52. The fraction of sp³-hybridized carbons (Fsp3) is 0.148. The van der Waals surface area contributed by atoms with Crippen LogP contribution >= 0.6 is 23.4 Å². The quantitative estimate of drug-likeness (QED) is 0.195. The number of imide groups is 1. The van der Waals surface area contributed by atoms with Crippen LogP contribution in [0, 0.1) is 17.0 Å². The van der Waals surface area contributed by atoms with Gasteiger partial charge in [-0.2, -0.15) is 0 Å². The summed E-state index contributed by atoms with van der Waals surface area (Å²) in [5.74, 6) is -0.998. The third kappa shape index (κ3) is 6.57. The Hall–Kier alpha value is -4.35. The number of thioether (sulfide) groups is 1. The highest BCUT2D eigenvalue weighted by Crippen LogP contribution is 2.39. The van der Waals surface area contributed by atoms with Crippen molar-refractivity contribution in [3.8, 4) is 11.5 Å². The van der Waals surface area contributed by atoms with E-state index >= 15 is 0 Å². The monoisotopic (exact) mass is 567 g/mol. The molecule has 1 aliphatic rings. The molecule has 1 fully saturated rings. The molecule has 3 amide bonds. The van der Waals surface area contributed by atoms with Crippen LogP contribution in [0.2, 0.25) is 5.02 Å². The molecule has 10 nitrogen and oxygen atoms in total. The largest absolute Gasteiger partial charge is 0.493 e. The molecule has 12 heteroatoms. The summed E-state index contributed by atoms with van der Waals surface area (Å²) in [7, 11) is 1.38. The number of rotatable bonds is 9. The van der Waals surface area contributed by atoms with Crippen molar-refractivity contribution in [2.75, 3.05) is 19.0 Å². The number of carbonyl (C=O) groups excluding carboxylic acids is 3. The third-order valence-electron chi connectivity index (χ3n) is 5.68. The summed E-state index contributed by atoms with van der Waals surface area (Å²) >= 11 is 6.56. The van der Waals surface area contributed by atoms with Crippen LogP contribution in [-0.2, 0) is 16.2 Å². The van der Waals surface area contributed by atoms with Crippen LogP contribution in [-0.4, -0.2) is 40.5 Å². The number of halogens is 1. The average molecular weight is 568 g/mol. The van der Waals surface area contributed by atoms with Gasteiger partial charge in [0.1, 0.15) is 13.2 Å². The molecule has 200 valence electrons. The number of nitro groups is 1. The molecule has 0 aromatic heterocycles. The zero-order valence-corrected chi connectivity index (χ0v) is 22.4. The number of ether oxygens (including phenoxy) is 2. The number of methoxy groups -OCH3 is 1. The summed E-state index contributed by atoms with van der Waals surface area (Å²) in [6.07, 6.45) is 1.23. The smallest absolute Gasteiger partial charge is 0.294 e. The van der Waals surface area contributed by atoms with E-state index in [1.807, 2.05) is 30.3 Å². The highest BCUT2D eigenvalue weighted by molar-refractivity contribution is 8.18. The van der Waals surface area contributed by atoms with Gasteiger partial charge in [-0.1, -0.05) is 48.0 Å². The Labute approximate surface area is 232 Å². The van der Waals surface area contributed by atoms with E-state index in [0.717, 1.165) is 16.0 Å². The van der Waals surface area contributed by atoms with Crippen molar-refractivity contribution in [1.82, 2.24) is 4.90 Å². The Bertz CT molecular complexity index is 1490. The summed E-state index contributed by atoms with van der Waals surface area (Å²) in [4.78, 5) is 50.0. The van der Waals surface area contributed by atoms with Crippen LogP contribution in [0.25, 0.3) is 6.08 Å². The molecule has 1 aliphatic heterocycles. The van der Waals surface area contributed by atoms with Crippen LogP contribution in [0.1, 0.15) is 16.7 Å². The molecule has 0 atom stereocenters. The summed E-state index contributed by atoms with van der Waals surface area (Å²) in [5, 5.41) is 14.2. The molecule has 1 heterocycles. The number of hydrogen-bond acceptors (Lipinski definition) is 8. The van der Waals surface area contributed by atoms with Crippen molar-refractivity contribution >= 4 is 57.9 Å². The molecule has 0 unspecified atom stereocenters. The van der Waals surface area contributed by atoms with E-state index in [9.17, 15) is 24.5 Å². The van der Waals surface area contributed by atoms with Gasteiger partial charge in [-0.15, -0.1) is 0 Å². The predicted molar refractivity (Wildman–Crippen MR) is 148 cm³/mol. The van der Waals surface area contributed by atoms with Gasteiger partial charge in [0.05, 0.1) is 28.6 Å². The fourth-order valence-corrected chi connectivity index (χ4v) is 4.69. The van der Waals surface area contributed by atoms with E-state index < -0.39 is 28.5 Å². The van der Waals surface area contributed by atoms with Gasteiger partial charge in [0, 0.05) is 10.7 Å². The van der Waals surface area contributed by atoms with Crippen molar-refractivity contribution in [2.45, 2.75) is 13.5 Å². The number of nitrogens with one attached hydrogen (secondary N) is 1. The lowest BCUT2D eigenvalue weighted by Gasteiger charge is -2.14. The standard InChI is InChI=1S/C27H22ClN3O7S/c1-16-8-9-19(28)12-20(16)29-25(32)14-30-26(33)24(39-27(30)34)11-18-10-22(37-2)23(13-21(18)31(35)36)38-15-17-6-4-3-5-7-17/h3-13H,14-15H2,1-2H3,(H,29,32)/b24-11+. The number of nitrogens with zero attached hydrogens (tertiary/aromatic N) is 2. The highest BCUT2D eigenvalue weighted by atomic mass is 35.5. The molecule has 0 bridgehead atoms. The molecule has 0 aliphatic carbocycles. The normalized spacial score (nSPS) is 14.0. The minimum atomic E-state index is -0.749. The van der Waals surface area contributed by atoms with Crippen LogP contribution in [0.5, 0.6) is 11.5 Å². The SMILES string of the molecule is COc1cc(/C=C2/SC(=O)N(CC(=O)Nc3cc(Cl)ccc3C)C2=O)c([N+](=O)[O-])cc1OCc1ccccc1. The van der Waals surface area contributed by atoms with E-state index in [0.29, 0.717) is 22.5 Å². The van der Waals surface area contributed by atoms with E-state index in [2.05, 4.69) is 5.32 Å². The van der Waals surface area contributed by atoms with Gasteiger partial charge in [0.25, 0.3) is 16.8 Å². The second kappa shape index (κ2) is 12.0. The second-order valence-electron chi connectivity index (χ2n) is 8.37. The van der Waals surface area contributed by atoms with Gasteiger partial charge in [-0.05, 0) is 54.1 Å². The first-order valence-corrected chi connectivity index (χ1v) is 12.7. The van der Waals surface area contributed by atoms with E-state index in [4.69, 9.17) is 21.1 Å². The topological polar surface area (TPSA) is 128 Å². The lowest BCUT2D eigenvalue weighted by Crippen LogP contribution is -2.36. The Balaban J connectivity index is 1.55. The zero-order chi connectivity index (χ0) is 28.1. The van der Waals surface area contributed by atoms with E-state index in [-0.39, 0.29) is 34.3 Å². The van der Waals surface area contributed by atoms with Crippen LogP contribution in [0.3, 0.4) is 0 Å². The number of hydrogen-bond donors (Lipinski definition) is 1. The van der Waals surface area contributed by atoms with Gasteiger partial charge in [-0.3, -0.25) is 29.4 Å². The molecule has 39 heavy (non-hydrogen) atoms. The molecule has 3 aromatic carbocycles. The Morgan fingerprint density at radius 2 is 1.87 bits per heavy atom. The maximum atomic E-state index is 13.0. The number of aryl methyl sites for hydroxylation is 1. The van der Waals surface area contributed by atoms with Crippen molar-refractivity contribution in [3.05, 3.63) is 97.4 Å². The van der Waals surface area contributed by atoms with Crippen molar-refractivity contribution in [1.29, 1.82) is 0 Å². The van der Waals surface area contributed by atoms with E-state index in [1.54, 1.807) is 25.1 Å². The van der Waals surface area contributed by atoms with E-state index in [1.165, 1.54) is 25.3 Å². The first kappa shape index (κ1) is 27.7. The summed E-state index contributed by atoms with van der Waals surface area (Å²) in [5.41, 5.74) is 1.74. The fourth-order valence-electron chi connectivity index (χ4n) is 3.69. The maximum absolute atomic E-state index is 13.0. The van der Waals surface area contributed by atoms with Gasteiger partial charge >= 0.3 is 0 Å². The van der Waals surface area contributed by atoms with Crippen LogP contribution in [0.15, 0.2) is 65.6 Å². The number of anilines is 1. The molecule has 1 saturated heterocycles. The molecule has 4 rings (SSSR count). The van der Waals surface area contributed by atoms with Crippen molar-refractivity contribution in [2.24, 2.45) is 0 Å². The average Bonchev–Trinajstić information content (AvgIpc) is 3.17. The summed E-state index contributed by atoms with van der Waals surface area (Å²) in [6, 6.07) is 16.8. The second-order valence-corrected chi connectivity index (χ2v) is 9.80. The Morgan fingerprint density at radius 3 is 2.56 bits per heavy atom. The maximum Gasteiger partial charge on any atom is 0.294 e. The molecule has 0 saturated carbocycles. The van der Waals surface area contributed by atoms with Crippen molar-refractivity contribution < 1.29 is 28.8 Å². The lowest BCUT2D eigenvalue weighted by atomic mass is 10.1. The first-order chi connectivity index (χ1) is 18.7. The first-order valence-electron chi connectivity index (χ1n) is 11.5. The predicted octanol–water partition coefficient (Wildman–Crippen LogP) is 5.82. The minimum absolute atomic E-state index is 0.0356. The molecule has 0 spiro atoms. The van der Waals surface area contributed by atoms with Gasteiger partial charge in [0.15, 0.2) is 11.5 Å². The van der Waals surface area contributed by atoms with Gasteiger partial charge in [-0.25, -0.2) is 0 Å². The number of benzene rings is 3. The summed E-state index contributed by atoms with van der Waals surface area (Å²) < 4.78 is 11.1. The third-order valence-corrected chi connectivity index (χ3v) is 6.82. The molecule has 1 N–H and O–H groups in total. The summed E-state index contributed by atoms with van der Waals surface area (Å²) in [6.45, 7) is 1.39. The minimum Gasteiger partial charge on any atom is -0.493 e. The lowest BCUT2D eigenvalue weighted by molar-refractivity contribution is -0.385. The number of carbonyl (C=O) groups is 3.